The van der Waals surface area contributed by atoms with E-state index in [-0.39, 0.29) is 24.2 Å². The number of carbonyl (C=O) groups is 2. The van der Waals surface area contributed by atoms with E-state index >= 15 is 0 Å². The van der Waals surface area contributed by atoms with Gasteiger partial charge in [0.25, 0.3) is 5.91 Å². The van der Waals surface area contributed by atoms with Gasteiger partial charge in [0.2, 0.25) is 5.91 Å². The lowest BCUT2D eigenvalue weighted by atomic mass is 10.1. The molecule has 1 saturated heterocycles. The highest BCUT2D eigenvalue weighted by atomic mass is 35.5. The average Bonchev–Trinajstić information content (AvgIpc) is 3.32. The van der Waals surface area contributed by atoms with Gasteiger partial charge in [-0.1, -0.05) is 0 Å². The summed E-state index contributed by atoms with van der Waals surface area (Å²) in [6.45, 7) is 3.21. The molecule has 0 atom stereocenters. The maximum absolute atomic E-state index is 12.4. The molecule has 1 aliphatic carbocycles. The number of hydrogen-bond acceptors (Lipinski definition) is 4. The zero-order valence-corrected chi connectivity index (χ0v) is 13.8. The highest BCUT2D eigenvalue weighted by Gasteiger charge is 2.26. The van der Waals surface area contributed by atoms with Crippen LogP contribution in [-0.2, 0) is 4.79 Å². The van der Waals surface area contributed by atoms with E-state index in [9.17, 15) is 9.59 Å². The Kier molecular flexibility index (Phi) is 5.85. The largest absolute Gasteiger partial charge is 0.399 e. The fourth-order valence-electron chi connectivity index (χ4n) is 2.62. The molecule has 0 unspecified atom stereocenters. The van der Waals surface area contributed by atoms with Crippen LogP contribution in [0.4, 0.5) is 5.69 Å². The van der Waals surface area contributed by atoms with Crippen LogP contribution in [0.25, 0.3) is 0 Å². The molecule has 6 nitrogen and oxygen atoms in total. The number of halogens is 1. The van der Waals surface area contributed by atoms with Crippen molar-refractivity contribution < 1.29 is 9.59 Å². The number of nitrogens with one attached hydrogen (secondary N) is 1. The molecule has 2 aliphatic rings. The van der Waals surface area contributed by atoms with E-state index in [1.807, 2.05) is 4.90 Å². The highest BCUT2D eigenvalue weighted by molar-refractivity contribution is 5.94. The molecule has 1 aromatic rings. The van der Waals surface area contributed by atoms with Crippen LogP contribution in [0.3, 0.4) is 0 Å². The molecule has 0 spiro atoms. The molecule has 3 rings (SSSR count). The van der Waals surface area contributed by atoms with E-state index in [2.05, 4.69) is 10.2 Å². The molecular formula is C16H23ClN4O2. The van der Waals surface area contributed by atoms with Crippen molar-refractivity contribution in [2.24, 2.45) is 0 Å². The van der Waals surface area contributed by atoms with Crippen LogP contribution in [0.5, 0.6) is 0 Å². The quantitative estimate of drug-likeness (QED) is 0.793. The summed E-state index contributed by atoms with van der Waals surface area (Å²) in [5.41, 5.74) is 6.96. The van der Waals surface area contributed by atoms with E-state index in [0.717, 1.165) is 25.9 Å². The fraction of sp³-hybridized carbons (Fsp3) is 0.500. The molecular weight excluding hydrogens is 316 g/mol. The number of amides is 2. The van der Waals surface area contributed by atoms with Crippen LogP contribution >= 0.6 is 12.4 Å². The van der Waals surface area contributed by atoms with Gasteiger partial charge in [-0.2, -0.15) is 0 Å². The second-order valence-corrected chi connectivity index (χ2v) is 6.03. The highest BCUT2D eigenvalue weighted by Crippen LogP contribution is 2.18. The fourth-order valence-corrected chi connectivity index (χ4v) is 2.62. The van der Waals surface area contributed by atoms with Gasteiger partial charge in [0.1, 0.15) is 0 Å². The van der Waals surface area contributed by atoms with Gasteiger partial charge in [-0.05, 0) is 37.1 Å². The van der Waals surface area contributed by atoms with Crippen molar-refractivity contribution in [2.45, 2.75) is 18.9 Å². The molecule has 0 aromatic heterocycles. The number of benzene rings is 1. The smallest absolute Gasteiger partial charge is 0.253 e. The molecule has 23 heavy (non-hydrogen) atoms. The Labute approximate surface area is 142 Å². The number of rotatable bonds is 4. The third kappa shape index (κ3) is 4.84. The van der Waals surface area contributed by atoms with Crippen LogP contribution in [-0.4, -0.2) is 60.4 Å². The Bertz CT molecular complexity index is 552. The van der Waals surface area contributed by atoms with Gasteiger partial charge in [-0.15, -0.1) is 12.4 Å². The Morgan fingerprint density at radius 2 is 1.70 bits per heavy atom. The first kappa shape index (κ1) is 17.6. The summed E-state index contributed by atoms with van der Waals surface area (Å²) in [5.74, 6) is 0.128. The molecule has 1 heterocycles. The topological polar surface area (TPSA) is 78.7 Å². The van der Waals surface area contributed by atoms with Crippen LogP contribution in [0.2, 0.25) is 0 Å². The van der Waals surface area contributed by atoms with Gasteiger partial charge >= 0.3 is 0 Å². The first-order chi connectivity index (χ1) is 10.6. The van der Waals surface area contributed by atoms with E-state index in [1.54, 1.807) is 24.3 Å². The van der Waals surface area contributed by atoms with Crippen LogP contribution < -0.4 is 11.1 Å². The zero-order valence-electron chi connectivity index (χ0n) is 13.0. The minimum Gasteiger partial charge on any atom is -0.399 e. The molecule has 1 aromatic carbocycles. The number of nitrogens with two attached hydrogens (primary N) is 1. The van der Waals surface area contributed by atoms with Crippen molar-refractivity contribution in [1.29, 1.82) is 0 Å². The first-order valence-electron chi connectivity index (χ1n) is 7.78. The predicted octanol–water partition coefficient (Wildman–Crippen LogP) is 0.727. The average molecular weight is 339 g/mol. The second-order valence-electron chi connectivity index (χ2n) is 6.03. The minimum atomic E-state index is 0. The summed E-state index contributed by atoms with van der Waals surface area (Å²) in [6, 6.07) is 7.40. The Morgan fingerprint density at radius 3 is 2.26 bits per heavy atom. The molecule has 3 N–H and O–H groups in total. The monoisotopic (exact) mass is 338 g/mol. The summed E-state index contributed by atoms with van der Waals surface area (Å²) < 4.78 is 0. The SMILES string of the molecule is Cl.Nc1ccc(C(=O)N2CCN(CC(=O)NC3CC3)CC2)cc1. The van der Waals surface area contributed by atoms with E-state index in [4.69, 9.17) is 5.73 Å². The normalized spacial score (nSPS) is 18.2. The van der Waals surface area contributed by atoms with Crippen LogP contribution in [0.15, 0.2) is 24.3 Å². The minimum absolute atomic E-state index is 0. The van der Waals surface area contributed by atoms with Gasteiger partial charge in [0.05, 0.1) is 6.54 Å². The zero-order chi connectivity index (χ0) is 15.5. The third-order valence-electron chi connectivity index (χ3n) is 4.13. The molecule has 0 bridgehead atoms. The van der Waals surface area contributed by atoms with Gasteiger partial charge in [0.15, 0.2) is 0 Å². The maximum atomic E-state index is 12.4. The van der Waals surface area contributed by atoms with Gasteiger partial charge in [-0.3, -0.25) is 14.5 Å². The Balaban J connectivity index is 0.00000192. The summed E-state index contributed by atoms with van der Waals surface area (Å²) in [5, 5.41) is 2.99. The predicted molar refractivity (Wildman–Crippen MR) is 91.6 cm³/mol. The molecule has 0 radical (unpaired) electrons. The molecule has 7 heteroatoms. The van der Waals surface area contributed by atoms with Crippen molar-refractivity contribution in [3.8, 4) is 0 Å². The molecule has 2 fully saturated rings. The number of carbonyl (C=O) groups excluding carboxylic acids is 2. The molecule has 1 saturated carbocycles. The number of nitrogens with zero attached hydrogens (tertiary/aromatic N) is 2. The summed E-state index contributed by atoms with van der Waals surface area (Å²) >= 11 is 0. The number of piperazine rings is 1. The maximum Gasteiger partial charge on any atom is 0.253 e. The van der Waals surface area contributed by atoms with Gasteiger partial charge in [0, 0.05) is 43.5 Å². The molecule has 2 amide bonds. The molecule has 126 valence electrons. The lowest BCUT2D eigenvalue weighted by Crippen LogP contribution is -2.51. The summed E-state index contributed by atoms with van der Waals surface area (Å²) in [7, 11) is 0. The number of hydrogen-bond donors (Lipinski definition) is 2. The number of nitrogen functional groups attached to an aromatic ring is 1. The number of anilines is 1. The summed E-state index contributed by atoms with van der Waals surface area (Å²) in [6.07, 6.45) is 2.21. The third-order valence-corrected chi connectivity index (χ3v) is 4.13. The van der Waals surface area contributed by atoms with E-state index < -0.39 is 0 Å². The van der Waals surface area contributed by atoms with Crippen LogP contribution in [0, 0.1) is 0 Å². The van der Waals surface area contributed by atoms with Crippen molar-refractivity contribution in [3.63, 3.8) is 0 Å². The van der Waals surface area contributed by atoms with Gasteiger partial charge < -0.3 is 16.0 Å². The standard InChI is InChI=1S/C16H22N4O2.ClH/c17-13-3-1-12(2-4-13)16(22)20-9-7-19(8-10-20)11-15(21)18-14-5-6-14;/h1-4,14H,5-11,17H2,(H,18,21);1H. The van der Waals surface area contributed by atoms with Crippen molar-refractivity contribution in [3.05, 3.63) is 29.8 Å². The Hall–Kier alpha value is -1.79. The second kappa shape index (κ2) is 7.66. The Morgan fingerprint density at radius 1 is 1.09 bits per heavy atom. The lowest BCUT2D eigenvalue weighted by Gasteiger charge is -2.34. The lowest BCUT2D eigenvalue weighted by molar-refractivity contribution is -0.122. The van der Waals surface area contributed by atoms with Crippen molar-refractivity contribution in [2.75, 3.05) is 38.5 Å². The summed E-state index contributed by atoms with van der Waals surface area (Å²) in [4.78, 5) is 28.1. The first-order valence-corrected chi connectivity index (χ1v) is 7.78. The van der Waals surface area contributed by atoms with Crippen LogP contribution in [0.1, 0.15) is 23.2 Å². The van der Waals surface area contributed by atoms with E-state index in [0.29, 0.717) is 36.9 Å². The van der Waals surface area contributed by atoms with E-state index in [1.165, 1.54) is 0 Å². The molecule has 1 aliphatic heterocycles. The van der Waals surface area contributed by atoms with Gasteiger partial charge in [-0.25, -0.2) is 0 Å². The van der Waals surface area contributed by atoms with Crippen molar-refractivity contribution >= 4 is 29.9 Å². The van der Waals surface area contributed by atoms with Crippen molar-refractivity contribution in [1.82, 2.24) is 15.1 Å².